The smallest absolute Gasteiger partial charge is 0.306 e. The van der Waals surface area contributed by atoms with Crippen molar-refractivity contribution in [3.05, 3.63) is 0 Å². The minimum absolute atomic E-state index is 0.0622. The maximum Gasteiger partial charge on any atom is 0.306 e. The first kappa shape index (κ1) is 59.4. The van der Waals surface area contributed by atoms with E-state index in [1.54, 1.807) is 0 Å². The Balaban J connectivity index is 4.27. The first-order valence-electron chi connectivity index (χ1n) is 27.4. The monoisotopic (exact) mass is 863 g/mol. The lowest BCUT2D eigenvalue weighted by Gasteiger charge is -2.18. The molecule has 0 spiro atoms. The summed E-state index contributed by atoms with van der Waals surface area (Å²) >= 11 is 0. The van der Waals surface area contributed by atoms with Gasteiger partial charge in [0.05, 0.1) is 0 Å². The third-order valence-electron chi connectivity index (χ3n) is 12.5. The lowest BCUT2D eigenvalue weighted by atomic mass is 10.0. The fourth-order valence-electron chi connectivity index (χ4n) is 8.39. The Labute approximate surface area is 380 Å². The van der Waals surface area contributed by atoms with E-state index in [1.165, 1.54) is 205 Å². The lowest BCUT2D eigenvalue weighted by molar-refractivity contribution is -0.167. The Kier molecular flexibility index (Phi) is 48.1. The van der Waals surface area contributed by atoms with Crippen molar-refractivity contribution in [3.63, 3.8) is 0 Å². The van der Waals surface area contributed by atoms with Gasteiger partial charge in [-0.1, -0.05) is 272 Å². The molecule has 0 saturated carbocycles. The van der Waals surface area contributed by atoms with Crippen molar-refractivity contribution < 1.29 is 28.6 Å². The fourth-order valence-corrected chi connectivity index (χ4v) is 8.39. The number of hydrogen-bond acceptors (Lipinski definition) is 6. The van der Waals surface area contributed by atoms with Crippen molar-refractivity contribution in [2.24, 2.45) is 5.92 Å². The highest BCUT2D eigenvalue weighted by molar-refractivity contribution is 5.71. The number of carbonyl (C=O) groups is 3. The first-order valence-corrected chi connectivity index (χ1v) is 27.4. The van der Waals surface area contributed by atoms with Crippen LogP contribution < -0.4 is 0 Å². The van der Waals surface area contributed by atoms with Crippen LogP contribution >= 0.6 is 0 Å². The Morgan fingerprint density at radius 2 is 0.541 bits per heavy atom. The van der Waals surface area contributed by atoms with E-state index in [-0.39, 0.29) is 31.1 Å². The molecule has 362 valence electrons. The molecule has 0 heterocycles. The lowest BCUT2D eigenvalue weighted by Crippen LogP contribution is -2.30. The SMILES string of the molecule is CCCCCCCCCCCCCCCCC(=O)OC[C@@H](COC(=O)CCCCCCCCCCCCC)OC(=O)CCCCCCCCCCCCCCCCCC(C)C. The zero-order valence-corrected chi connectivity index (χ0v) is 41.6. The maximum absolute atomic E-state index is 12.8. The van der Waals surface area contributed by atoms with Crippen LogP contribution in [-0.4, -0.2) is 37.2 Å². The summed E-state index contributed by atoms with van der Waals surface area (Å²) in [5, 5.41) is 0. The molecule has 0 N–H and O–H groups in total. The van der Waals surface area contributed by atoms with Gasteiger partial charge in [-0.25, -0.2) is 0 Å². The van der Waals surface area contributed by atoms with Crippen LogP contribution in [0.25, 0.3) is 0 Å². The molecule has 0 fully saturated rings. The molecule has 6 heteroatoms. The third-order valence-corrected chi connectivity index (χ3v) is 12.5. The van der Waals surface area contributed by atoms with Gasteiger partial charge in [-0.05, 0) is 25.2 Å². The predicted molar refractivity (Wildman–Crippen MR) is 261 cm³/mol. The van der Waals surface area contributed by atoms with Crippen LogP contribution in [0.3, 0.4) is 0 Å². The molecule has 0 bridgehead atoms. The number of carbonyl (C=O) groups excluding carboxylic acids is 3. The molecule has 0 radical (unpaired) electrons. The number of hydrogen-bond donors (Lipinski definition) is 0. The van der Waals surface area contributed by atoms with E-state index in [9.17, 15) is 14.4 Å². The van der Waals surface area contributed by atoms with Crippen molar-refractivity contribution in [1.29, 1.82) is 0 Å². The molecule has 0 aliphatic carbocycles. The van der Waals surface area contributed by atoms with Crippen LogP contribution in [0.15, 0.2) is 0 Å². The Bertz CT molecular complexity index is 918. The molecule has 0 saturated heterocycles. The number of rotatable bonds is 50. The summed E-state index contributed by atoms with van der Waals surface area (Å²) in [6.45, 7) is 9.05. The summed E-state index contributed by atoms with van der Waals surface area (Å²) < 4.78 is 16.8. The zero-order valence-electron chi connectivity index (χ0n) is 41.6. The van der Waals surface area contributed by atoms with Crippen LogP contribution in [0.5, 0.6) is 0 Å². The number of esters is 3. The summed E-state index contributed by atoms with van der Waals surface area (Å²) in [6.07, 6.45) is 52.3. The third kappa shape index (κ3) is 49.3. The maximum atomic E-state index is 12.8. The molecule has 61 heavy (non-hydrogen) atoms. The minimum atomic E-state index is -0.760. The second kappa shape index (κ2) is 49.4. The van der Waals surface area contributed by atoms with Gasteiger partial charge >= 0.3 is 17.9 Å². The standard InChI is InChI=1S/C55H106O6/c1-5-7-9-11-13-15-17-18-23-27-31-35-39-43-47-54(57)60-50-52(49-59-53(56)46-42-38-34-30-25-16-14-12-10-8-6-2)61-55(58)48-44-40-36-32-28-24-21-19-20-22-26-29-33-37-41-45-51(3)4/h51-52H,5-50H2,1-4H3/t52-/m1/s1. The second-order valence-corrected chi connectivity index (χ2v) is 19.3. The summed E-state index contributed by atoms with van der Waals surface area (Å²) in [5.41, 5.74) is 0. The second-order valence-electron chi connectivity index (χ2n) is 19.3. The van der Waals surface area contributed by atoms with Gasteiger partial charge in [0.2, 0.25) is 0 Å². The Morgan fingerprint density at radius 1 is 0.311 bits per heavy atom. The minimum Gasteiger partial charge on any atom is -0.462 e. The van der Waals surface area contributed by atoms with E-state index in [2.05, 4.69) is 27.7 Å². The Hall–Kier alpha value is -1.59. The van der Waals surface area contributed by atoms with Crippen LogP contribution in [0.2, 0.25) is 0 Å². The van der Waals surface area contributed by atoms with Crippen molar-refractivity contribution in [1.82, 2.24) is 0 Å². The molecule has 0 aromatic rings. The topological polar surface area (TPSA) is 78.9 Å². The molecule has 0 aromatic carbocycles. The van der Waals surface area contributed by atoms with Gasteiger partial charge in [-0.3, -0.25) is 14.4 Å². The van der Waals surface area contributed by atoms with Crippen molar-refractivity contribution in [2.75, 3.05) is 13.2 Å². The van der Waals surface area contributed by atoms with E-state index in [0.29, 0.717) is 19.3 Å². The highest BCUT2D eigenvalue weighted by Gasteiger charge is 2.19. The molecule has 6 nitrogen and oxygen atoms in total. The van der Waals surface area contributed by atoms with Gasteiger partial charge in [0.15, 0.2) is 6.10 Å². The summed E-state index contributed by atoms with van der Waals surface area (Å²) in [4.78, 5) is 38.0. The highest BCUT2D eigenvalue weighted by atomic mass is 16.6. The van der Waals surface area contributed by atoms with Gasteiger partial charge in [0.25, 0.3) is 0 Å². The van der Waals surface area contributed by atoms with E-state index in [0.717, 1.165) is 63.7 Å². The van der Waals surface area contributed by atoms with E-state index < -0.39 is 6.10 Å². The molecule has 0 rings (SSSR count). The van der Waals surface area contributed by atoms with Crippen molar-refractivity contribution in [2.45, 2.75) is 316 Å². The van der Waals surface area contributed by atoms with E-state index in [1.807, 2.05) is 0 Å². The average Bonchev–Trinajstić information content (AvgIpc) is 3.24. The molecular formula is C55H106O6. The summed E-state index contributed by atoms with van der Waals surface area (Å²) in [6, 6.07) is 0. The van der Waals surface area contributed by atoms with Crippen LogP contribution in [-0.2, 0) is 28.6 Å². The quantitative estimate of drug-likeness (QED) is 0.0344. The molecule has 0 aromatic heterocycles. The van der Waals surface area contributed by atoms with Gasteiger partial charge in [0, 0.05) is 19.3 Å². The van der Waals surface area contributed by atoms with Gasteiger partial charge in [-0.15, -0.1) is 0 Å². The summed E-state index contributed by atoms with van der Waals surface area (Å²) in [5.74, 6) is 0.00802. The highest BCUT2D eigenvalue weighted by Crippen LogP contribution is 2.17. The molecule has 1 atom stereocenters. The molecule has 0 unspecified atom stereocenters. The first-order chi connectivity index (χ1) is 29.9. The molecule has 0 aliphatic rings. The van der Waals surface area contributed by atoms with Crippen molar-refractivity contribution >= 4 is 17.9 Å². The predicted octanol–water partition coefficient (Wildman–Crippen LogP) is 17.8. The van der Waals surface area contributed by atoms with E-state index in [4.69, 9.17) is 14.2 Å². The zero-order chi connectivity index (χ0) is 44.5. The summed E-state index contributed by atoms with van der Waals surface area (Å²) in [7, 11) is 0. The van der Waals surface area contributed by atoms with Gasteiger partial charge < -0.3 is 14.2 Å². The fraction of sp³-hybridized carbons (Fsp3) is 0.945. The molecule has 0 amide bonds. The number of ether oxygens (including phenoxy) is 3. The van der Waals surface area contributed by atoms with Crippen molar-refractivity contribution in [3.8, 4) is 0 Å². The van der Waals surface area contributed by atoms with E-state index >= 15 is 0 Å². The van der Waals surface area contributed by atoms with Crippen LogP contribution in [0, 0.1) is 5.92 Å². The van der Waals surface area contributed by atoms with Gasteiger partial charge in [-0.2, -0.15) is 0 Å². The number of unbranched alkanes of at least 4 members (excludes halogenated alkanes) is 37. The molecule has 0 aliphatic heterocycles. The largest absolute Gasteiger partial charge is 0.462 e. The van der Waals surface area contributed by atoms with Gasteiger partial charge in [0.1, 0.15) is 13.2 Å². The van der Waals surface area contributed by atoms with Crippen LogP contribution in [0.4, 0.5) is 0 Å². The Morgan fingerprint density at radius 3 is 0.803 bits per heavy atom. The average molecular weight is 863 g/mol. The normalized spacial score (nSPS) is 12.0. The molecular weight excluding hydrogens is 757 g/mol. The van der Waals surface area contributed by atoms with Crippen LogP contribution in [0.1, 0.15) is 310 Å².